The number of rotatable bonds is 7. The van der Waals surface area contributed by atoms with Crippen molar-refractivity contribution in [2.75, 3.05) is 26.9 Å². The molecule has 2 fully saturated rings. The Kier molecular flexibility index (Phi) is 6.43. The molecule has 8 nitrogen and oxygen atoms in total. The summed E-state index contributed by atoms with van der Waals surface area (Å²) in [5, 5.41) is 2.57. The molecule has 0 aromatic heterocycles. The monoisotopic (exact) mass is 396 g/mol. The maximum absolute atomic E-state index is 13.2. The summed E-state index contributed by atoms with van der Waals surface area (Å²) in [4.78, 5) is 39.3. The highest BCUT2D eigenvalue weighted by Gasteiger charge is 2.70. The van der Waals surface area contributed by atoms with Gasteiger partial charge in [0.1, 0.15) is 17.7 Å². The molecule has 0 radical (unpaired) electrons. The minimum absolute atomic E-state index is 0.0108. The van der Waals surface area contributed by atoms with E-state index in [0.717, 1.165) is 0 Å². The molecule has 1 aliphatic carbocycles. The first-order chi connectivity index (χ1) is 12.9. The number of piperidine rings is 1. The molecule has 1 heterocycles. The molecule has 1 saturated heterocycles. The molecule has 1 N–H and O–H groups in total. The van der Waals surface area contributed by atoms with Crippen LogP contribution in [0.4, 0.5) is 4.79 Å². The van der Waals surface area contributed by atoms with Crippen molar-refractivity contribution in [3.63, 3.8) is 0 Å². The normalized spacial score (nSPS) is 26.1. The number of fused-ring (bicyclic) bond motifs is 1. The number of amides is 2. The predicted molar refractivity (Wildman–Crippen MR) is 102 cm³/mol. The lowest BCUT2D eigenvalue weighted by Crippen LogP contribution is -2.56. The first-order valence-corrected chi connectivity index (χ1v) is 9.50. The van der Waals surface area contributed by atoms with Crippen LogP contribution in [-0.4, -0.2) is 67.4 Å². The standard InChI is InChI=1S/C20H32N2O6/c1-8-9-27-11-13(21-18(25)28-19(2,3)4)16(23)22-10-12-14(20(12,5)6)15(22)17(24)26-7/h8,12-15H,1,9-11H2,2-7H3,(H,21,25)/t12-,13-,14-,15-/m0/s1. The van der Waals surface area contributed by atoms with Gasteiger partial charge in [0, 0.05) is 12.5 Å². The maximum Gasteiger partial charge on any atom is 0.408 e. The van der Waals surface area contributed by atoms with E-state index in [-0.39, 0.29) is 36.4 Å². The number of ether oxygens (including phenoxy) is 3. The Morgan fingerprint density at radius 1 is 1.32 bits per heavy atom. The second-order valence-corrected chi connectivity index (χ2v) is 8.94. The number of carbonyl (C=O) groups is 3. The van der Waals surface area contributed by atoms with Crippen molar-refractivity contribution < 1.29 is 28.6 Å². The van der Waals surface area contributed by atoms with E-state index in [2.05, 4.69) is 25.7 Å². The zero-order chi connectivity index (χ0) is 21.3. The summed E-state index contributed by atoms with van der Waals surface area (Å²) in [6.45, 7) is 13.6. The number of hydrogen-bond acceptors (Lipinski definition) is 6. The summed E-state index contributed by atoms with van der Waals surface area (Å²) in [7, 11) is 1.32. The molecule has 8 heteroatoms. The largest absolute Gasteiger partial charge is 0.467 e. The van der Waals surface area contributed by atoms with Crippen LogP contribution in [0, 0.1) is 17.3 Å². The lowest BCUT2D eigenvalue weighted by molar-refractivity contribution is -0.154. The van der Waals surface area contributed by atoms with Crippen LogP contribution in [0.1, 0.15) is 34.6 Å². The Balaban J connectivity index is 2.15. The van der Waals surface area contributed by atoms with Crippen molar-refractivity contribution in [2.24, 2.45) is 17.3 Å². The number of likely N-dealkylation sites (tertiary alicyclic amines) is 1. The average molecular weight is 396 g/mol. The summed E-state index contributed by atoms with van der Waals surface area (Å²) < 4.78 is 15.6. The predicted octanol–water partition coefficient (Wildman–Crippen LogP) is 1.74. The molecule has 158 valence electrons. The third-order valence-electron chi connectivity index (χ3n) is 5.44. The molecule has 2 aliphatic rings. The minimum Gasteiger partial charge on any atom is -0.467 e. The van der Waals surface area contributed by atoms with E-state index in [1.54, 1.807) is 26.8 Å². The molecule has 0 aromatic carbocycles. The summed E-state index contributed by atoms with van der Waals surface area (Å²) in [6, 6.07) is -1.62. The molecule has 1 saturated carbocycles. The Labute approximate surface area is 166 Å². The lowest BCUT2D eigenvalue weighted by atomic mass is 10.0. The van der Waals surface area contributed by atoms with Gasteiger partial charge in [0.2, 0.25) is 5.91 Å². The molecule has 0 spiro atoms. The van der Waals surface area contributed by atoms with Crippen LogP contribution in [0.2, 0.25) is 0 Å². The van der Waals surface area contributed by atoms with Gasteiger partial charge in [-0.25, -0.2) is 9.59 Å². The van der Waals surface area contributed by atoms with Crippen LogP contribution in [0.15, 0.2) is 12.7 Å². The molecule has 0 unspecified atom stereocenters. The highest BCUT2D eigenvalue weighted by atomic mass is 16.6. The van der Waals surface area contributed by atoms with Gasteiger partial charge in [0.05, 0.1) is 20.3 Å². The molecular formula is C20H32N2O6. The van der Waals surface area contributed by atoms with Gasteiger partial charge in [-0.2, -0.15) is 0 Å². The number of methoxy groups -OCH3 is 1. The third-order valence-corrected chi connectivity index (χ3v) is 5.44. The number of carbonyl (C=O) groups excluding carboxylic acids is 3. The fraction of sp³-hybridized carbons (Fsp3) is 0.750. The van der Waals surface area contributed by atoms with Crippen LogP contribution in [-0.2, 0) is 23.8 Å². The lowest BCUT2D eigenvalue weighted by Gasteiger charge is -2.32. The number of nitrogens with zero attached hydrogens (tertiary/aromatic N) is 1. The molecule has 2 amide bonds. The van der Waals surface area contributed by atoms with Gasteiger partial charge >= 0.3 is 12.1 Å². The molecule has 0 aromatic rings. The highest BCUT2D eigenvalue weighted by molar-refractivity contribution is 5.91. The highest BCUT2D eigenvalue weighted by Crippen LogP contribution is 2.65. The van der Waals surface area contributed by atoms with Crippen LogP contribution in [0.3, 0.4) is 0 Å². The smallest absolute Gasteiger partial charge is 0.408 e. The quantitative estimate of drug-likeness (QED) is 0.400. The molecule has 1 aliphatic heterocycles. The van der Waals surface area contributed by atoms with Crippen molar-refractivity contribution >= 4 is 18.0 Å². The van der Waals surface area contributed by atoms with Crippen molar-refractivity contribution in [2.45, 2.75) is 52.3 Å². The topological polar surface area (TPSA) is 94.2 Å². The van der Waals surface area contributed by atoms with Crippen LogP contribution >= 0.6 is 0 Å². The Morgan fingerprint density at radius 2 is 1.96 bits per heavy atom. The van der Waals surface area contributed by atoms with E-state index >= 15 is 0 Å². The summed E-state index contributed by atoms with van der Waals surface area (Å²) in [6.07, 6.45) is 0.840. The molecule has 4 atom stereocenters. The van der Waals surface area contributed by atoms with E-state index in [4.69, 9.17) is 14.2 Å². The van der Waals surface area contributed by atoms with Gasteiger partial charge in [-0.3, -0.25) is 4.79 Å². The van der Waals surface area contributed by atoms with Gasteiger partial charge in [-0.05, 0) is 32.1 Å². The summed E-state index contributed by atoms with van der Waals surface area (Å²) >= 11 is 0. The Bertz CT molecular complexity index is 639. The van der Waals surface area contributed by atoms with Crippen LogP contribution < -0.4 is 5.32 Å². The van der Waals surface area contributed by atoms with E-state index in [0.29, 0.717) is 6.54 Å². The van der Waals surface area contributed by atoms with Gasteiger partial charge in [-0.1, -0.05) is 19.9 Å². The molecular weight excluding hydrogens is 364 g/mol. The number of hydrogen-bond donors (Lipinski definition) is 1. The van der Waals surface area contributed by atoms with Crippen molar-refractivity contribution in [3.05, 3.63) is 12.7 Å². The fourth-order valence-corrected chi connectivity index (χ4v) is 4.00. The van der Waals surface area contributed by atoms with Gasteiger partial charge < -0.3 is 24.4 Å². The van der Waals surface area contributed by atoms with Crippen LogP contribution in [0.25, 0.3) is 0 Å². The van der Waals surface area contributed by atoms with Gasteiger partial charge in [0.25, 0.3) is 0 Å². The molecule has 28 heavy (non-hydrogen) atoms. The first-order valence-electron chi connectivity index (χ1n) is 9.50. The minimum atomic E-state index is -0.970. The third kappa shape index (κ3) is 4.66. The van der Waals surface area contributed by atoms with Crippen molar-refractivity contribution in [3.8, 4) is 0 Å². The van der Waals surface area contributed by atoms with E-state index in [1.165, 1.54) is 12.0 Å². The Morgan fingerprint density at radius 3 is 2.50 bits per heavy atom. The van der Waals surface area contributed by atoms with Crippen molar-refractivity contribution in [1.82, 2.24) is 10.2 Å². The number of esters is 1. The summed E-state index contributed by atoms with van der Waals surface area (Å²) in [5.41, 5.74) is -0.712. The van der Waals surface area contributed by atoms with Gasteiger partial charge in [-0.15, -0.1) is 6.58 Å². The van der Waals surface area contributed by atoms with E-state index in [9.17, 15) is 14.4 Å². The fourth-order valence-electron chi connectivity index (χ4n) is 4.00. The molecule has 0 bridgehead atoms. The number of alkyl carbamates (subject to hydrolysis) is 1. The second kappa shape index (κ2) is 8.11. The first kappa shape index (κ1) is 22.2. The Hall–Kier alpha value is -2.09. The van der Waals surface area contributed by atoms with Gasteiger partial charge in [0.15, 0.2) is 0 Å². The zero-order valence-electron chi connectivity index (χ0n) is 17.6. The van der Waals surface area contributed by atoms with Crippen LogP contribution in [0.5, 0.6) is 0 Å². The number of nitrogens with one attached hydrogen (secondary N) is 1. The van der Waals surface area contributed by atoms with E-state index < -0.39 is 29.7 Å². The molecule has 2 rings (SSSR count). The maximum atomic E-state index is 13.2. The second-order valence-electron chi connectivity index (χ2n) is 8.94. The summed E-state index contributed by atoms with van der Waals surface area (Å²) in [5.74, 6) is -0.528. The average Bonchev–Trinajstić information content (AvgIpc) is 2.94. The SMILES string of the molecule is C=CCOC[C@H](NC(=O)OC(C)(C)C)C(=O)N1C[C@H]2[C@@H]([C@H]1C(=O)OC)C2(C)C. The van der Waals surface area contributed by atoms with E-state index in [1.807, 2.05) is 0 Å². The van der Waals surface area contributed by atoms with Crippen molar-refractivity contribution in [1.29, 1.82) is 0 Å². The zero-order valence-corrected chi connectivity index (χ0v) is 17.6.